The zero-order valence-electron chi connectivity index (χ0n) is 12.7. The largest absolute Gasteiger partial charge is 0.496 e. The molecule has 0 fully saturated rings. The van der Waals surface area contributed by atoms with Crippen LogP contribution in [-0.2, 0) is 13.1 Å². The summed E-state index contributed by atoms with van der Waals surface area (Å²) in [6.07, 6.45) is 1.99. The zero-order valence-corrected chi connectivity index (χ0v) is 12.7. The molecule has 0 bridgehead atoms. The third-order valence-electron chi connectivity index (χ3n) is 3.17. The molecular formula is C16H23N3O. The number of benzene rings is 1. The van der Waals surface area contributed by atoms with E-state index in [1.54, 1.807) is 7.11 Å². The Kier molecular flexibility index (Phi) is 4.79. The van der Waals surface area contributed by atoms with Gasteiger partial charge in [0.25, 0.3) is 0 Å². The van der Waals surface area contributed by atoms with Crippen molar-refractivity contribution in [1.82, 2.24) is 15.1 Å². The fourth-order valence-electron chi connectivity index (χ4n) is 2.11. The summed E-state index contributed by atoms with van der Waals surface area (Å²) in [4.78, 5) is 0. The van der Waals surface area contributed by atoms with Crippen molar-refractivity contribution in [1.29, 1.82) is 0 Å². The highest BCUT2D eigenvalue weighted by atomic mass is 16.5. The summed E-state index contributed by atoms with van der Waals surface area (Å²) in [5.74, 6) is 0.909. The highest BCUT2D eigenvalue weighted by molar-refractivity contribution is 5.37. The van der Waals surface area contributed by atoms with E-state index in [0.29, 0.717) is 6.04 Å². The number of nitrogens with one attached hydrogen (secondary N) is 1. The Morgan fingerprint density at radius 1 is 1.30 bits per heavy atom. The fraction of sp³-hybridized carbons (Fsp3) is 0.438. The lowest BCUT2D eigenvalue weighted by molar-refractivity contribution is 0.407. The number of ether oxygens (including phenoxy) is 1. The molecule has 0 saturated heterocycles. The van der Waals surface area contributed by atoms with Gasteiger partial charge in [0.15, 0.2) is 0 Å². The molecule has 1 aromatic heterocycles. The van der Waals surface area contributed by atoms with E-state index >= 15 is 0 Å². The Balaban J connectivity index is 2.17. The number of hydrogen-bond acceptors (Lipinski definition) is 3. The molecular weight excluding hydrogens is 250 g/mol. The molecule has 0 aliphatic heterocycles. The van der Waals surface area contributed by atoms with Crippen LogP contribution in [-0.4, -0.2) is 22.9 Å². The first-order valence-corrected chi connectivity index (χ1v) is 6.97. The van der Waals surface area contributed by atoms with Gasteiger partial charge in [-0.15, -0.1) is 0 Å². The number of nitrogens with zero attached hydrogens (tertiary/aromatic N) is 2. The number of aryl methyl sites for hydroxylation is 1. The molecule has 2 rings (SSSR count). The number of rotatable bonds is 6. The summed E-state index contributed by atoms with van der Waals surface area (Å²) >= 11 is 0. The summed E-state index contributed by atoms with van der Waals surface area (Å²) in [5.41, 5.74) is 3.44. The highest BCUT2D eigenvalue weighted by Gasteiger charge is 2.06. The molecule has 20 heavy (non-hydrogen) atoms. The van der Waals surface area contributed by atoms with Crippen LogP contribution in [0, 0.1) is 6.92 Å². The minimum atomic E-state index is 0.481. The maximum absolute atomic E-state index is 5.44. The minimum Gasteiger partial charge on any atom is -0.496 e. The second-order valence-electron chi connectivity index (χ2n) is 5.34. The highest BCUT2D eigenvalue weighted by Crippen LogP contribution is 2.21. The Morgan fingerprint density at radius 2 is 2.10 bits per heavy atom. The van der Waals surface area contributed by atoms with Crippen molar-refractivity contribution >= 4 is 0 Å². The normalized spacial score (nSPS) is 11.1. The average Bonchev–Trinajstić information content (AvgIpc) is 2.82. The van der Waals surface area contributed by atoms with Gasteiger partial charge in [0.1, 0.15) is 5.75 Å². The SMILES string of the molecule is COc1ccc(CNC(C)C)cc1Cn1ccc(C)n1. The van der Waals surface area contributed by atoms with Gasteiger partial charge in [0, 0.05) is 24.3 Å². The first-order chi connectivity index (χ1) is 9.58. The first-order valence-electron chi connectivity index (χ1n) is 6.97. The van der Waals surface area contributed by atoms with Crippen molar-refractivity contribution in [3.8, 4) is 5.75 Å². The van der Waals surface area contributed by atoms with Gasteiger partial charge in [-0.05, 0) is 30.7 Å². The molecule has 0 amide bonds. The second-order valence-corrected chi connectivity index (χ2v) is 5.34. The number of hydrogen-bond donors (Lipinski definition) is 1. The van der Waals surface area contributed by atoms with Crippen molar-refractivity contribution in [2.75, 3.05) is 7.11 Å². The predicted octanol–water partition coefficient (Wildman–Crippen LogP) is 2.75. The smallest absolute Gasteiger partial charge is 0.123 e. The average molecular weight is 273 g/mol. The molecule has 0 radical (unpaired) electrons. The lowest BCUT2D eigenvalue weighted by Gasteiger charge is -2.13. The molecule has 4 nitrogen and oxygen atoms in total. The van der Waals surface area contributed by atoms with Crippen molar-refractivity contribution < 1.29 is 4.74 Å². The van der Waals surface area contributed by atoms with Gasteiger partial charge in [0.05, 0.1) is 19.3 Å². The van der Waals surface area contributed by atoms with E-state index in [1.165, 1.54) is 5.56 Å². The molecule has 0 unspecified atom stereocenters. The van der Waals surface area contributed by atoms with Crippen LogP contribution in [0.5, 0.6) is 5.75 Å². The first kappa shape index (κ1) is 14.6. The van der Waals surface area contributed by atoms with Crippen molar-refractivity contribution in [3.63, 3.8) is 0 Å². The van der Waals surface area contributed by atoms with Crippen LogP contribution in [0.2, 0.25) is 0 Å². The maximum atomic E-state index is 5.44. The van der Waals surface area contributed by atoms with Crippen LogP contribution >= 0.6 is 0 Å². The van der Waals surface area contributed by atoms with Gasteiger partial charge in [-0.2, -0.15) is 5.10 Å². The van der Waals surface area contributed by atoms with Crippen LogP contribution in [0.3, 0.4) is 0 Å². The second kappa shape index (κ2) is 6.57. The standard InChI is InChI=1S/C16H23N3O/c1-12(2)17-10-14-5-6-16(20-4)15(9-14)11-19-8-7-13(3)18-19/h5-9,12,17H,10-11H2,1-4H3. The third-order valence-corrected chi connectivity index (χ3v) is 3.17. The monoisotopic (exact) mass is 273 g/mol. The summed E-state index contributed by atoms with van der Waals surface area (Å²) < 4.78 is 7.38. The van der Waals surface area contributed by atoms with E-state index in [-0.39, 0.29) is 0 Å². The van der Waals surface area contributed by atoms with Crippen LogP contribution in [0.25, 0.3) is 0 Å². The third kappa shape index (κ3) is 3.84. The van der Waals surface area contributed by atoms with E-state index in [4.69, 9.17) is 4.74 Å². The lowest BCUT2D eigenvalue weighted by atomic mass is 10.1. The number of methoxy groups -OCH3 is 1. The van der Waals surface area contributed by atoms with Crippen LogP contribution < -0.4 is 10.1 Å². The summed E-state index contributed by atoms with van der Waals surface area (Å²) in [6.45, 7) is 7.89. The van der Waals surface area contributed by atoms with Gasteiger partial charge in [0.2, 0.25) is 0 Å². The van der Waals surface area contributed by atoms with Crippen LogP contribution in [0.4, 0.5) is 0 Å². The molecule has 1 heterocycles. The van der Waals surface area contributed by atoms with E-state index in [9.17, 15) is 0 Å². The Labute approximate surface area is 120 Å². The predicted molar refractivity (Wildman–Crippen MR) is 81.0 cm³/mol. The lowest BCUT2D eigenvalue weighted by Crippen LogP contribution is -2.21. The van der Waals surface area contributed by atoms with Crippen molar-refractivity contribution in [2.45, 2.75) is 39.9 Å². The summed E-state index contributed by atoms with van der Waals surface area (Å²) in [6, 6.07) is 8.81. The molecule has 1 aromatic carbocycles. The van der Waals surface area contributed by atoms with E-state index in [1.807, 2.05) is 29.9 Å². The molecule has 1 N–H and O–H groups in total. The van der Waals surface area contributed by atoms with Gasteiger partial charge in [-0.1, -0.05) is 19.9 Å². The van der Waals surface area contributed by atoms with E-state index in [2.05, 4.69) is 36.4 Å². The summed E-state index contributed by atoms with van der Waals surface area (Å²) in [7, 11) is 1.71. The molecule has 0 aliphatic rings. The van der Waals surface area contributed by atoms with Gasteiger partial charge >= 0.3 is 0 Å². The van der Waals surface area contributed by atoms with Crippen LogP contribution in [0.15, 0.2) is 30.5 Å². The van der Waals surface area contributed by atoms with Gasteiger partial charge in [-0.3, -0.25) is 4.68 Å². The zero-order chi connectivity index (χ0) is 14.5. The molecule has 108 valence electrons. The number of aromatic nitrogens is 2. The van der Waals surface area contributed by atoms with Crippen LogP contribution in [0.1, 0.15) is 30.7 Å². The topological polar surface area (TPSA) is 39.1 Å². The minimum absolute atomic E-state index is 0.481. The Bertz CT molecular complexity index is 561. The van der Waals surface area contributed by atoms with E-state index < -0.39 is 0 Å². The van der Waals surface area contributed by atoms with Gasteiger partial charge < -0.3 is 10.1 Å². The quantitative estimate of drug-likeness (QED) is 0.879. The van der Waals surface area contributed by atoms with E-state index in [0.717, 1.165) is 30.1 Å². The van der Waals surface area contributed by atoms with Crippen molar-refractivity contribution in [3.05, 3.63) is 47.3 Å². The Morgan fingerprint density at radius 3 is 2.70 bits per heavy atom. The molecule has 2 aromatic rings. The van der Waals surface area contributed by atoms with Crippen molar-refractivity contribution in [2.24, 2.45) is 0 Å². The molecule has 0 aliphatic carbocycles. The maximum Gasteiger partial charge on any atom is 0.123 e. The molecule has 4 heteroatoms. The van der Waals surface area contributed by atoms with Gasteiger partial charge in [-0.25, -0.2) is 0 Å². The Hall–Kier alpha value is -1.81. The fourth-order valence-corrected chi connectivity index (χ4v) is 2.11. The molecule has 0 atom stereocenters. The molecule has 0 saturated carbocycles. The summed E-state index contributed by atoms with van der Waals surface area (Å²) in [5, 5.41) is 7.86. The molecule has 0 spiro atoms.